The molecule has 156 valence electrons. The van der Waals surface area contributed by atoms with E-state index in [2.05, 4.69) is 0 Å². The van der Waals surface area contributed by atoms with E-state index in [0.29, 0.717) is 51.4 Å². The lowest BCUT2D eigenvalue weighted by Gasteiger charge is -2.21. The lowest BCUT2D eigenvalue weighted by atomic mass is 10.0. The lowest BCUT2D eigenvalue weighted by molar-refractivity contribution is -0.131. The molecule has 0 aromatic heterocycles. The first-order chi connectivity index (χ1) is 13.9. The molecule has 0 aliphatic carbocycles. The Kier molecular flexibility index (Phi) is 6.92. The van der Waals surface area contributed by atoms with Crippen LogP contribution in [0.2, 0.25) is 0 Å². The van der Waals surface area contributed by atoms with Gasteiger partial charge in [0.2, 0.25) is 15.9 Å². The number of fused-ring (bicyclic) bond motifs is 1. The number of ether oxygens (including phenoxy) is 1. The molecule has 7 heteroatoms. The van der Waals surface area contributed by atoms with Gasteiger partial charge in [-0.2, -0.15) is 4.31 Å². The zero-order chi connectivity index (χ0) is 20.9. The normalized spacial score (nSPS) is 14.6. The number of aryl methyl sites for hydroxylation is 1. The molecule has 1 aliphatic heterocycles. The first-order valence-corrected chi connectivity index (χ1v) is 11.7. The number of nitrogens with zero attached hydrogens (tertiary/aromatic N) is 2. The highest BCUT2D eigenvalue weighted by Crippen LogP contribution is 2.26. The number of benzene rings is 2. The second kappa shape index (κ2) is 9.41. The van der Waals surface area contributed by atoms with Crippen LogP contribution in [-0.2, 0) is 34.3 Å². The maximum Gasteiger partial charge on any atom is 0.223 e. The maximum absolute atomic E-state index is 12.7. The lowest BCUT2D eigenvalue weighted by Crippen LogP contribution is -2.31. The highest BCUT2D eigenvalue weighted by molar-refractivity contribution is 7.88. The maximum atomic E-state index is 12.7. The molecule has 1 amide bonds. The van der Waals surface area contributed by atoms with Crippen LogP contribution < -0.4 is 4.74 Å². The average molecular weight is 417 g/mol. The van der Waals surface area contributed by atoms with Gasteiger partial charge in [0.05, 0.1) is 6.26 Å². The van der Waals surface area contributed by atoms with Crippen LogP contribution in [0.15, 0.2) is 48.5 Å². The molecule has 0 fully saturated rings. The molecule has 2 aromatic rings. The van der Waals surface area contributed by atoms with Crippen molar-refractivity contribution in [1.82, 2.24) is 9.21 Å². The number of amides is 1. The molecule has 2 aromatic carbocycles. The summed E-state index contributed by atoms with van der Waals surface area (Å²) < 4.78 is 31.0. The third-order valence-electron chi connectivity index (χ3n) is 5.12. The predicted molar refractivity (Wildman–Crippen MR) is 113 cm³/mol. The summed E-state index contributed by atoms with van der Waals surface area (Å²) in [7, 11) is -3.28. The molecule has 1 heterocycles. The van der Waals surface area contributed by atoms with Crippen LogP contribution in [0.1, 0.15) is 30.0 Å². The third kappa shape index (κ3) is 5.81. The second-order valence-corrected chi connectivity index (χ2v) is 9.26. The van der Waals surface area contributed by atoms with Crippen molar-refractivity contribution in [1.29, 1.82) is 0 Å². The van der Waals surface area contributed by atoms with Gasteiger partial charge in [0.1, 0.15) is 12.4 Å². The summed E-state index contributed by atoms with van der Waals surface area (Å²) in [5.74, 6) is 0.825. The highest BCUT2D eigenvalue weighted by Gasteiger charge is 2.22. The molecule has 0 N–H and O–H groups in total. The van der Waals surface area contributed by atoms with E-state index in [1.165, 1.54) is 10.6 Å². The van der Waals surface area contributed by atoms with E-state index >= 15 is 0 Å². The van der Waals surface area contributed by atoms with Crippen LogP contribution >= 0.6 is 0 Å². The molecule has 3 rings (SSSR count). The van der Waals surface area contributed by atoms with Gasteiger partial charge in [-0.15, -0.1) is 0 Å². The Hall–Kier alpha value is -2.38. The number of rotatable bonds is 7. The van der Waals surface area contributed by atoms with Crippen molar-refractivity contribution in [3.63, 3.8) is 0 Å². The summed E-state index contributed by atoms with van der Waals surface area (Å²) in [5.41, 5.74) is 2.96. The van der Waals surface area contributed by atoms with Crippen LogP contribution in [0.3, 0.4) is 0 Å². The minimum Gasteiger partial charge on any atom is -0.492 e. The standard InChI is InChI=1S/C22H28N2O4S/c1-3-23(16-19-7-5-4-6-8-19)22(25)12-10-18-9-11-21-20(15-18)17-24(13-14-28-21)29(2,26)27/h4-9,11,15H,3,10,12-14,16-17H2,1-2H3. The quantitative estimate of drug-likeness (QED) is 0.696. The number of hydrogen-bond acceptors (Lipinski definition) is 4. The summed E-state index contributed by atoms with van der Waals surface area (Å²) in [4.78, 5) is 14.5. The molecule has 1 aliphatic rings. The van der Waals surface area contributed by atoms with E-state index in [4.69, 9.17) is 4.74 Å². The molecule has 0 spiro atoms. The summed E-state index contributed by atoms with van der Waals surface area (Å²) in [5, 5.41) is 0. The van der Waals surface area contributed by atoms with Gasteiger partial charge in [0.25, 0.3) is 0 Å². The van der Waals surface area contributed by atoms with E-state index in [1.54, 1.807) is 0 Å². The summed E-state index contributed by atoms with van der Waals surface area (Å²) in [6, 6.07) is 15.8. The third-order valence-corrected chi connectivity index (χ3v) is 6.37. The Morgan fingerprint density at radius 1 is 1.14 bits per heavy atom. The molecular weight excluding hydrogens is 388 g/mol. The molecule has 0 saturated heterocycles. The Balaban J connectivity index is 1.65. The van der Waals surface area contributed by atoms with Crippen LogP contribution in [0, 0.1) is 0 Å². The molecule has 0 radical (unpaired) electrons. The largest absolute Gasteiger partial charge is 0.492 e. The first-order valence-electron chi connectivity index (χ1n) is 9.88. The fourth-order valence-electron chi connectivity index (χ4n) is 3.45. The predicted octanol–water partition coefficient (Wildman–Crippen LogP) is 2.82. The Morgan fingerprint density at radius 2 is 1.90 bits per heavy atom. The van der Waals surface area contributed by atoms with Crippen molar-refractivity contribution in [2.45, 2.75) is 32.9 Å². The van der Waals surface area contributed by atoms with E-state index in [-0.39, 0.29) is 5.91 Å². The van der Waals surface area contributed by atoms with Gasteiger partial charge in [-0.3, -0.25) is 4.79 Å². The average Bonchev–Trinajstić information content (AvgIpc) is 2.93. The van der Waals surface area contributed by atoms with Gasteiger partial charge in [-0.05, 0) is 30.5 Å². The molecule has 0 atom stereocenters. The van der Waals surface area contributed by atoms with E-state index < -0.39 is 10.0 Å². The van der Waals surface area contributed by atoms with Gasteiger partial charge in [-0.25, -0.2) is 8.42 Å². The Labute approximate surface area is 173 Å². The van der Waals surface area contributed by atoms with E-state index in [1.807, 2.05) is 60.4 Å². The van der Waals surface area contributed by atoms with Crippen LogP contribution in [-0.4, -0.2) is 49.5 Å². The van der Waals surface area contributed by atoms with Crippen molar-refractivity contribution in [2.24, 2.45) is 0 Å². The fourth-order valence-corrected chi connectivity index (χ4v) is 4.23. The zero-order valence-electron chi connectivity index (χ0n) is 17.0. The molecule has 6 nitrogen and oxygen atoms in total. The first kappa shape index (κ1) is 21.3. The zero-order valence-corrected chi connectivity index (χ0v) is 17.8. The molecule has 0 bridgehead atoms. The van der Waals surface area contributed by atoms with Crippen LogP contribution in [0.5, 0.6) is 5.75 Å². The number of carbonyl (C=O) groups is 1. The van der Waals surface area contributed by atoms with E-state index in [0.717, 1.165) is 16.7 Å². The fraction of sp³-hybridized carbons (Fsp3) is 0.409. The molecular formula is C22H28N2O4S. The highest BCUT2D eigenvalue weighted by atomic mass is 32.2. The summed E-state index contributed by atoms with van der Waals surface area (Å²) in [6.07, 6.45) is 2.24. The SMILES string of the molecule is CCN(Cc1ccccc1)C(=O)CCc1ccc2c(c1)CN(S(C)(=O)=O)CCO2. The smallest absolute Gasteiger partial charge is 0.223 e. The number of hydrogen-bond donors (Lipinski definition) is 0. The van der Waals surface area contributed by atoms with Gasteiger partial charge < -0.3 is 9.64 Å². The van der Waals surface area contributed by atoms with Crippen molar-refractivity contribution in [3.8, 4) is 5.75 Å². The van der Waals surface area contributed by atoms with Crippen molar-refractivity contribution < 1.29 is 17.9 Å². The Morgan fingerprint density at radius 3 is 2.59 bits per heavy atom. The summed E-state index contributed by atoms with van der Waals surface area (Å²) >= 11 is 0. The number of carbonyl (C=O) groups excluding carboxylic acids is 1. The van der Waals surface area contributed by atoms with Gasteiger partial charge in [0, 0.05) is 38.2 Å². The Bertz CT molecular complexity index is 945. The minimum absolute atomic E-state index is 0.111. The minimum atomic E-state index is -3.28. The van der Waals surface area contributed by atoms with Gasteiger partial charge >= 0.3 is 0 Å². The van der Waals surface area contributed by atoms with Gasteiger partial charge in [0.15, 0.2) is 0 Å². The second-order valence-electron chi connectivity index (χ2n) is 7.28. The molecule has 29 heavy (non-hydrogen) atoms. The van der Waals surface area contributed by atoms with Crippen LogP contribution in [0.25, 0.3) is 0 Å². The molecule has 0 unspecified atom stereocenters. The summed E-state index contributed by atoms with van der Waals surface area (Å²) in [6.45, 7) is 4.23. The van der Waals surface area contributed by atoms with Crippen molar-refractivity contribution >= 4 is 15.9 Å². The molecule has 0 saturated carbocycles. The van der Waals surface area contributed by atoms with Crippen LogP contribution in [0.4, 0.5) is 0 Å². The number of sulfonamides is 1. The van der Waals surface area contributed by atoms with Crippen molar-refractivity contribution in [2.75, 3.05) is 26.0 Å². The van der Waals surface area contributed by atoms with E-state index in [9.17, 15) is 13.2 Å². The topological polar surface area (TPSA) is 66.9 Å². The monoisotopic (exact) mass is 416 g/mol. The van der Waals surface area contributed by atoms with Gasteiger partial charge in [-0.1, -0.05) is 42.5 Å². The van der Waals surface area contributed by atoms with Crippen molar-refractivity contribution in [3.05, 3.63) is 65.2 Å².